The average Bonchev–Trinajstić information content (AvgIpc) is 2.82. The largest absolute Gasteiger partial charge is 0.326 e. The number of rotatable bonds is 2. The molecule has 0 saturated carbocycles. The van der Waals surface area contributed by atoms with E-state index in [1.54, 1.807) is 0 Å². The molecule has 2 aromatic heterocycles. The second-order valence-corrected chi connectivity index (χ2v) is 4.35. The number of aromatic nitrogens is 2. The summed E-state index contributed by atoms with van der Waals surface area (Å²) < 4.78 is 1.98. The number of nitrogens with zero attached hydrogens (tertiary/aromatic N) is 2. The van der Waals surface area contributed by atoms with Gasteiger partial charge in [-0.3, -0.25) is 4.79 Å². The second-order valence-electron chi connectivity index (χ2n) is 4.35. The molecule has 0 spiro atoms. The quantitative estimate of drug-likeness (QED) is 0.761. The molecule has 3 rings (SSSR count). The molecule has 94 valence electrons. The van der Waals surface area contributed by atoms with Crippen molar-refractivity contribution >= 4 is 17.2 Å². The van der Waals surface area contributed by atoms with Crippen molar-refractivity contribution in [3.63, 3.8) is 0 Å². The van der Waals surface area contributed by atoms with Crippen molar-refractivity contribution in [2.24, 2.45) is 0 Å². The van der Waals surface area contributed by atoms with E-state index in [0.717, 1.165) is 22.6 Å². The highest BCUT2D eigenvalue weighted by Gasteiger charge is 2.04. The van der Waals surface area contributed by atoms with Gasteiger partial charge in [0.25, 0.3) is 0 Å². The highest BCUT2D eigenvalue weighted by molar-refractivity contribution is 5.88. The van der Waals surface area contributed by atoms with Gasteiger partial charge >= 0.3 is 0 Å². The van der Waals surface area contributed by atoms with Gasteiger partial charge in [0.05, 0.1) is 5.69 Å². The number of nitrogens with one attached hydrogen (secondary N) is 1. The van der Waals surface area contributed by atoms with Gasteiger partial charge in [0.2, 0.25) is 5.91 Å². The zero-order valence-electron chi connectivity index (χ0n) is 10.5. The monoisotopic (exact) mass is 251 g/mol. The van der Waals surface area contributed by atoms with Crippen LogP contribution in [0.1, 0.15) is 6.92 Å². The van der Waals surface area contributed by atoms with Crippen molar-refractivity contribution in [1.29, 1.82) is 0 Å². The summed E-state index contributed by atoms with van der Waals surface area (Å²) in [6.07, 6.45) is 3.96. The maximum Gasteiger partial charge on any atom is 0.221 e. The first-order valence-electron chi connectivity index (χ1n) is 6.04. The molecule has 0 aliphatic carbocycles. The molecule has 4 heteroatoms. The number of anilines is 1. The van der Waals surface area contributed by atoms with E-state index in [0.29, 0.717) is 0 Å². The van der Waals surface area contributed by atoms with Gasteiger partial charge in [-0.1, -0.05) is 18.2 Å². The first-order valence-corrected chi connectivity index (χ1v) is 6.04. The van der Waals surface area contributed by atoms with Crippen molar-refractivity contribution < 1.29 is 4.79 Å². The van der Waals surface area contributed by atoms with Gasteiger partial charge in [-0.2, -0.15) is 0 Å². The van der Waals surface area contributed by atoms with Gasteiger partial charge < -0.3 is 9.72 Å². The van der Waals surface area contributed by atoms with Crippen LogP contribution < -0.4 is 5.32 Å². The van der Waals surface area contributed by atoms with E-state index in [2.05, 4.69) is 10.3 Å². The maximum atomic E-state index is 11.0. The highest BCUT2D eigenvalue weighted by atomic mass is 16.1. The maximum absolute atomic E-state index is 11.0. The topological polar surface area (TPSA) is 46.4 Å². The van der Waals surface area contributed by atoms with Gasteiger partial charge in [-0.05, 0) is 24.3 Å². The lowest BCUT2D eigenvalue weighted by Gasteiger charge is -2.02. The third kappa shape index (κ3) is 2.33. The standard InChI is InChI=1S/C15H13N3O/c1-11(19)16-13-7-5-12(6-8-13)14-10-18-9-3-2-4-15(18)17-14/h2-10H,1H3,(H,16,19). The van der Waals surface area contributed by atoms with E-state index in [-0.39, 0.29) is 5.91 Å². The zero-order chi connectivity index (χ0) is 13.2. The van der Waals surface area contributed by atoms with E-state index < -0.39 is 0 Å². The van der Waals surface area contributed by atoms with Crippen molar-refractivity contribution in [2.75, 3.05) is 5.32 Å². The fourth-order valence-electron chi connectivity index (χ4n) is 2.00. The fourth-order valence-corrected chi connectivity index (χ4v) is 2.00. The van der Waals surface area contributed by atoms with E-state index in [1.807, 2.05) is 59.3 Å². The molecule has 2 heterocycles. The first-order chi connectivity index (χ1) is 9.22. The van der Waals surface area contributed by atoms with E-state index in [1.165, 1.54) is 6.92 Å². The summed E-state index contributed by atoms with van der Waals surface area (Å²) in [5, 5.41) is 2.75. The minimum absolute atomic E-state index is 0.0690. The molecule has 0 aliphatic rings. The molecule has 3 aromatic rings. The Bertz CT molecular complexity index is 695. The van der Waals surface area contributed by atoms with Gasteiger partial charge in [-0.25, -0.2) is 4.98 Å². The number of carbonyl (C=O) groups excluding carboxylic acids is 1. The Kier molecular flexibility index (Phi) is 2.76. The van der Waals surface area contributed by atoms with Crippen molar-refractivity contribution in [3.05, 3.63) is 54.9 Å². The van der Waals surface area contributed by atoms with Gasteiger partial charge in [0.15, 0.2) is 0 Å². The number of amides is 1. The van der Waals surface area contributed by atoms with E-state index >= 15 is 0 Å². The molecular weight excluding hydrogens is 238 g/mol. The average molecular weight is 251 g/mol. The Morgan fingerprint density at radius 3 is 2.63 bits per heavy atom. The third-order valence-corrected chi connectivity index (χ3v) is 2.87. The first kappa shape index (κ1) is 11.5. The number of hydrogen-bond donors (Lipinski definition) is 1. The van der Waals surface area contributed by atoms with Crippen LogP contribution in [0, 0.1) is 0 Å². The minimum atomic E-state index is -0.0690. The van der Waals surface area contributed by atoms with Crippen molar-refractivity contribution in [2.45, 2.75) is 6.92 Å². The highest BCUT2D eigenvalue weighted by Crippen LogP contribution is 2.21. The number of imidazole rings is 1. The SMILES string of the molecule is CC(=O)Nc1ccc(-c2cn3ccccc3n2)cc1. The van der Waals surface area contributed by atoms with E-state index in [4.69, 9.17) is 0 Å². The minimum Gasteiger partial charge on any atom is -0.326 e. The molecule has 0 fully saturated rings. The number of carbonyl (C=O) groups is 1. The summed E-state index contributed by atoms with van der Waals surface area (Å²) in [6.45, 7) is 1.50. The summed E-state index contributed by atoms with van der Waals surface area (Å²) >= 11 is 0. The molecule has 1 N–H and O–H groups in total. The van der Waals surface area contributed by atoms with Crippen molar-refractivity contribution in [3.8, 4) is 11.3 Å². The summed E-state index contributed by atoms with van der Waals surface area (Å²) in [7, 11) is 0. The normalized spacial score (nSPS) is 10.6. The summed E-state index contributed by atoms with van der Waals surface area (Å²) in [6, 6.07) is 13.6. The van der Waals surface area contributed by atoms with Gasteiger partial charge in [-0.15, -0.1) is 0 Å². The third-order valence-electron chi connectivity index (χ3n) is 2.87. The fraction of sp³-hybridized carbons (Fsp3) is 0.0667. The lowest BCUT2D eigenvalue weighted by atomic mass is 10.1. The summed E-state index contributed by atoms with van der Waals surface area (Å²) in [5.41, 5.74) is 3.65. The van der Waals surface area contributed by atoms with Crippen LogP contribution in [0.4, 0.5) is 5.69 Å². The molecule has 1 amide bonds. The van der Waals surface area contributed by atoms with Crippen LogP contribution in [-0.2, 0) is 4.79 Å². The number of benzene rings is 1. The Labute approximate surface area is 110 Å². The van der Waals surface area contributed by atoms with Crippen LogP contribution in [0.5, 0.6) is 0 Å². The molecule has 0 bridgehead atoms. The van der Waals surface area contributed by atoms with Crippen LogP contribution in [0.15, 0.2) is 54.9 Å². The Balaban J connectivity index is 1.95. The number of pyridine rings is 1. The smallest absolute Gasteiger partial charge is 0.221 e. The lowest BCUT2D eigenvalue weighted by molar-refractivity contribution is -0.114. The molecule has 4 nitrogen and oxygen atoms in total. The Hall–Kier alpha value is -2.62. The molecule has 0 saturated heterocycles. The molecule has 1 aromatic carbocycles. The van der Waals surface area contributed by atoms with Gasteiger partial charge in [0.1, 0.15) is 5.65 Å². The van der Waals surface area contributed by atoms with Crippen molar-refractivity contribution in [1.82, 2.24) is 9.38 Å². The predicted molar refractivity (Wildman–Crippen MR) is 74.9 cm³/mol. The Morgan fingerprint density at radius 1 is 1.16 bits per heavy atom. The summed E-state index contributed by atoms with van der Waals surface area (Å²) in [4.78, 5) is 15.5. The Morgan fingerprint density at radius 2 is 1.95 bits per heavy atom. The summed E-state index contributed by atoms with van der Waals surface area (Å²) in [5.74, 6) is -0.0690. The van der Waals surface area contributed by atoms with Crippen LogP contribution >= 0.6 is 0 Å². The molecule has 19 heavy (non-hydrogen) atoms. The van der Waals surface area contributed by atoms with Crippen LogP contribution in [0.2, 0.25) is 0 Å². The van der Waals surface area contributed by atoms with Crippen LogP contribution in [-0.4, -0.2) is 15.3 Å². The molecular formula is C15H13N3O. The number of fused-ring (bicyclic) bond motifs is 1. The van der Waals surface area contributed by atoms with E-state index in [9.17, 15) is 4.79 Å². The van der Waals surface area contributed by atoms with Gasteiger partial charge in [0, 0.05) is 30.6 Å². The predicted octanol–water partition coefficient (Wildman–Crippen LogP) is 2.96. The molecule has 0 atom stereocenters. The van der Waals surface area contributed by atoms with Crippen LogP contribution in [0.3, 0.4) is 0 Å². The lowest BCUT2D eigenvalue weighted by Crippen LogP contribution is -2.05. The zero-order valence-corrected chi connectivity index (χ0v) is 10.5. The molecule has 0 unspecified atom stereocenters. The van der Waals surface area contributed by atoms with Crippen LogP contribution in [0.25, 0.3) is 16.9 Å². The molecule has 0 aliphatic heterocycles. The molecule has 0 radical (unpaired) electrons. The second kappa shape index (κ2) is 4.57. The number of hydrogen-bond acceptors (Lipinski definition) is 2.